The van der Waals surface area contributed by atoms with E-state index < -0.39 is 18.0 Å². The zero-order valence-electron chi connectivity index (χ0n) is 6.49. The molecule has 6 nitrogen and oxygen atoms in total. The molecular weight excluding hydrogens is 164 g/mol. The standard InChI is InChI=1S/C6H8N2O4/c1-2-12-6(11)8-4(9)3-7-5(8)10/h2-3H2,1H3,(H,7,10). The number of carbonyl (C=O) groups excluding carboxylic acids is 3. The van der Waals surface area contributed by atoms with E-state index >= 15 is 0 Å². The Hall–Kier alpha value is -1.59. The van der Waals surface area contributed by atoms with Gasteiger partial charge in [-0.15, -0.1) is 0 Å². The molecular formula is C6H8N2O4. The molecule has 0 spiro atoms. The number of hydrogen-bond donors (Lipinski definition) is 1. The summed E-state index contributed by atoms with van der Waals surface area (Å²) in [6, 6.07) is -0.724. The molecule has 1 heterocycles. The molecule has 0 unspecified atom stereocenters. The Morgan fingerprint density at radius 2 is 2.33 bits per heavy atom. The predicted octanol–water partition coefficient (Wildman–Crippen LogP) is -0.305. The van der Waals surface area contributed by atoms with E-state index in [2.05, 4.69) is 10.1 Å². The molecule has 66 valence electrons. The fourth-order valence-corrected chi connectivity index (χ4v) is 0.795. The molecule has 0 atom stereocenters. The summed E-state index contributed by atoms with van der Waals surface area (Å²) in [5, 5.41) is 2.20. The van der Waals surface area contributed by atoms with Crippen molar-refractivity contribution in [3.8, 4) is 0 Å². The fraction of sp³-hybridized carbons (Fsp3) is 0.500. The third-order valence-electron chi connectivity index (χ3n) is 1.29. The Balaban J connectivity index is 2.66. The van der Waals surface area contributed by atoms with Crippen LogP contribution in [0.5, 0.6) is 0 Å². The van der Waals surface area contributed by atoms with Gasteiger partial charge in [0.1, 0.15) is 0 Å². The van der Waals surface area contributed by atoms with Crippen molar-refractivity contribution in [2.45, 2.75) is 6.92 Å². The van der Waals surface area contributed by atoms with E-state index in [9.17, 15) is 14.4 Å². The Morgan fingerprint density at radius 3 is 2.75 bits per heavy atom. The van der Waals surface area contributed by atoms with Crippen molar-refractivity contribution >= 4 is 18.0 Å². The second-order valence-electron chi connectivity index (χ2n) is 2.09. The fourth-order valence-electron chi connectivity index (χ4n) is 0.795. The molecule has 1 fully saturated rings. The van der Waals surface area contributed by atoms with Crippen LogP contribution in [-0.2, 0) is 9.53 Å². The summed E-state index contributed by atoms with van der Waals surface area (Å²) in [5.41, 5.74) is 0. The van der Waals surface area contributed by atoms with Crippen molar-refractivity contribution in [1.29, 1.82) is 0 Å². The van der Waals surface area contributed by atoms with Crippen molar-refractivity contribution in [1.82, 2.24) is 10.2 Å². The molecule has 1 saturated heterocycles. The van der Waals surface area contributed by atoms with Crippen LogP contribution in [0, 0.1) is 0 Å². The summed E-state index contributed by atoms with van der Waals surface area (Å²) in [4.78, 5) is 33.0. The van der Waals surface area contributed by atoms with Crippen LogP contribution in [0.1, 0.15) is 6.92 Å². The minimum absolute atomic E-state index is 0.135. The van der Waals surface area contributed by atoms with E-state index in [0.29, 0.717) is 4.90 Å². The maximum Gasteiger partial charge on any atom is 0.425 e. The zero-order valence-corrected chi connectivity index (χ0v) is 6.49. The lowest BCUT2D eigenvalue weighted by Crippen LogP contribution is -2.37. The summed E-state index contributed by atoms with van der Waals surface area (Å²) in [7, 11) is 0. The zero-order chi connectivity index (χ0) is 9.14. The molecule has 1 aliphatic rings. The van der Waals surface area contributed by atoms with Crippen molar-refractivity contribution in [2.24, 2.45) is 0 Å². The van der Waals surface area contributed by atoms with Gasteiger partial charge in [-0.05, 0) is 6.92 Å². The highest BCUT2D eigenvalue weighted by Crippen LogP contribution is 2.01. The van der Waals surface area contributed by atoms with Gasteiger partial charge in [-0.25, -0.2) is 9.59 Å². The van der Waals surface area contributed by atoms with Gasteiger partial charge in [0.25, 0.3) is 5.91 Å². The summed E-state index contributed by atoms with van der Waals surface area (Å²) < 4.78 is 4.47. The number of amides is 4. The maximum atomic E-state index is 10.9. The molecule has 6 heteroatoms. The van der Waals surface area contributed by atoms with Gasteiger partial charge in [-0.3, -0.25) is 4.79 Å². The Bertz CT molecular complexity index is 222. The topological polar surface area (TPSA) is 75.7 Å². The van der Waals surface area contributed by atoms with Crippen LogP contribution in [-0.4, -0.2) is 36.1 Å². The molecule has 0 saturated carbocycles. The minimum Gasteiger partial charge on any atom is -0.449 e. The van der Waals surface area contributed by atoms with Gasteiger partial charge in [-0.2, -0.15) is 4.90 Å². The normalized spacial score (nSPS) is 16.2. The predicted molar refractivity (Wildman–Crippen MR) is 37.3 cm³/mol. The van der Waals surface area contributed by atoms with Gasteiger partial charge in [0, 0.05) is 0 Å². The van der Waals surface area contributed by atoms with Crippen LogP contribution >= 0.6 is 0 Å². The maximum absolute atomic E-state index is 10.9. The van der Waals surface area contributed by atoms with Crippen LogP contribution in [0.4, 0.5) is 9.59 Å². The molecule has 4 amide bonds. The first-order chi connectivity index (χ1) is 5.66. The van der Waals surface area contributed by atoms with Crippen molar-refractivity contribution in [3.05, 3.63) is 0 Å². The number of hydrogen-bond acceptors (Lipinski definition) is 4. The Kier molecular flexibility index (Phi) is 2.27. The number of rotatable bonds is 1. The summed E-state index contributed by atoms with van der Waals surface area (Å²) in [5.74, 6) is -0.585. The number of imide groups is 3. The second kappa shape index (κ2) is 3.21. The highest BCUT2D eigenvalue weighted by Gasteiger charge is 2.35. The molecule has 0 aromatic rings. The van der Waals surface area contributed by atoms with Crippen LogP contribution in [0.2, 0.25) is 0 Å². The van der Waals surface area contributed by atoms with E-state index in [1.54, 1.807) is 6.92 Å². The second-order valence-corrected chi connectivity index (χ2v) is 2.09. The lowest BCUT2D eigenvalue weighted by atomic mass is 10.6. The molecule has 1 rings (SSSR count). The number of nitrogens with one attached hydrogen (secondary N) is 1. The van der Waals surface area contributed by atoms with Crippen molar-refractivity contribution in [2.75, 3.05) is 13.2 Å². The largest absolute Gasteiger partial charge is 0.449 e. The minimum atomic E-state index is -0.919. The van der Waals surface area contributed by atoms with Gasteiger partial charge < -0.3 is 10.1 Å². The Labute approximate surface area is 68.5 Å². The summed E-state index contributed by atoms with van der Waals surface area (Å²) in [6.07, 6.45) is -0.919. The Morgan fingerprint density at radius 1 is 1.67 bits per heavy atom. The van der Waals surface area contributed by atoms with Gasteiger partial charge in [0.05, 0.1) is 13.2 Å². The van der Waals surface area contributed by atoms with E-state index in [-0.39, 0.29) is 13.2 Å². The number of nitrogens with zero attached hydrogens (tertiary/aromatic N) is 1. The lowest BCUT2D eigenvalue weighted by Gasteiger charge is -2.08. The molecule has 0 aromatic heterocycles. The highest BCUT2D eigenvalue weighted by atomic mass is 16.6. The van der Waals surface area contributed by atoms with Crippen LogP contribution < -0.4 is 5.32 Å². The van der Waals surface area contributed by atoms with E-state index in [1.165, 1.54) is 0 Å². The molecule has 1 aliphatic heterocycles. The third kappa shape index (κ3) is 1.36. The van der Waals surface area contributed by atoms with Crippen LogP contribution in [0.25, 0.3) is 0 Å². The molecule has 0 radical (unpaired) electrons. The highest BCUT2D eigenvalue weighted by molar-refractivity contribution is 6.13. The molecule has 0 aliphatic carbocycles. The molecule has 1 N–H and O–H groups in total. The first-order valence-corrected chi connectivity index (χ1v) is 3.44. The average Bonchev–Trinajstić information content (AvgIpc) is 2.32. The smallest absolute Gasteiger partial charge is 0.425 e. The van der Waals surface area contributed by atoms with E-state index in [1.807, 2.05) is 0 Å². The molecule has 0 aromatic carbocycles. The average molecular weight is 172 g/mol. The molecule has 12 heavy (non-hydrogen) atoms. The van der Waals surface area contributed by atoms with Gasteiger partial charge in [-0.1, -0.05) is 0 Å². The number of urea groups is 1. The van der Waals surface area contributed by atoms with Gasteiger partial charge in [0.15, 0.2) is 0 Å². The van der Waals surface area contributed by atoms with Crippen molar-refractivity contribution in [3.63, 3.8) is 0 Å². The third-order valence-corrected chi connectivity index (χ3v) is 1.29. The summed E-state index contributed by atoms with van der Waals surface area (Å²) in [6.45, 7) is 1.59. The number of ether oxygens (including phenoxy) is 1. The van der Waals surface area contributed by atoms with E-state index in [0.717, 1.165) is 0 Å². The monoisotopic (exact) mass is 172 g/mol. The van der Waals surface area contributed by atoms with E-state index in [4.69, 9.17) is 0 Å². The van der Waals surface area contributed by atoms with Crippen molar-refractivity contribution < 1.29 is 19.1 Å². The molecule has 0 bridgehead atoms. The first-order valence-electron chi connectivity index (χ1n) is 3.44. The quantitative estimate of drug-likeness (QED) is 0.550. The number of carbonyl (C=O) groups is 3. The van der Waals surface area contributed by atoms with Gasteiger partial charge >= 0.3 is 12.1 Å². The first kappa shape index (κ1) is 8.51. The van der Waals surface area contributed by atoms with Crippen LogP contribution in [0.15, 0.2) is 0 Å². The summed E-state index contributed by atoms with van der Waals surface area (Å²) >= 11 is 0. The van der Waals surface area contributed by atoms with Gasteiger partial charge in [0.2, 0.25) is 0 Å². The van der Waals surface area contributed by atoms with Crippen LogP contribution in [0.3, 0.4) is 0 Å². The SMILES string of the molecule is CCOC(=O)N1C(=O)CNC1=O. The lowest BCUT2D eigenvalue weighted by molar-refractivity contribution is -0.123.